The van der Waals surface area contributed by atoms with E-state index in [-0.39, 0.29) is 12.3 Å². The summed E-state index contributed by atoms with van der Waals surface area (Å²) in [5.41, 5.74) is 4.08. The van der Waals surface area contributed by atoms with Crippen LogP contribution >= 0.6 is 23.2 Å². The number of nitrogens with zero attached hydrogens (tertiary/aromatic N) is 3. The van der Waals surface area contributed by atoms with E-state index in [4.69, 9.17) is 33.0 Å². The molecule has 0 radical (unpaired) electrons. The summed E-state index contributed by atoms with van der Waals surface area (Å²) in [6, 6.07) is 17.5. The first kappa shape index (κ1) is 16.6. The zero-order valence-electron chi connectivity index (χ0n) is 14.2. The fourth-order valence-corrected chi connectivity index (χ4v) is 4.04. The molecular formula is C21H15Cl2N3O. The predicted molar refractivity (Wildman–Crippen MR) is 106 cm³/mol. The Hall–Kier alpha value is -2.56. The Labute approximate surface area is 167 Å². The van der Waals surface area contributed by atoms with E-state index in [1.54, 1.807) is 12.4 Å². The van der Waals surface area contributed by atoms with Crippen molar-refractivity contribution in [1.29, 1.82) is 0 Å². The minimum Gasteiger partial charge on any atom is -0.464 e. The third-order valence-electron chi connectivity index (χ3n) is 4.90. The molecule has 0 fully saturated rings. The molecular weight excluding hydrogens is 381 g/mol. The van der Waals surface area contributed by atoms with Gasteiger partial charge < -0.3 is 4.74 Å². The van der Waals surface area contributed by atoms with Crippen LogP contribution in [0.1, 0.15) is 35.4 Å². The maximum Gasteiger partial charge on any atom is 0.213 e. The number of hydrogen-bond donors (Lipinski definition) is 0. The second kappa shape index (κ2) is 6.55. The third-order valence-corrected chi connectivity index (χ3v) is 5.37. The molecule has 27 heavy (non-hydrogen) atoms. The van der Waals surface area contributed by atoms with Crippen LogP contribution in [0.4, 0.5) is 0 Å². The summed E-state index contributed by atoms with van der Waals surface area (Å²) in [5.74, 6) is 0.830. The average molecular weight is 396 g/mol. The number of hydrazone groups is 1. The Balaban J connectivity index is 1.62. The molecule has 0 saturated carbocycles. The summed E-state index contributed by atoms with van der Waals surface area (Å²) in [6.07, 6.45) is 4.00. The van der Waals surface area contributed by atoms with Crippen molar-refractivity contribution < 1.29 is 4.74 Å². The minimum atomic E-state index is -0.346. The van der Waals surface area contributed by atoms with Crippen LogP contribution in [0.2, 0.25) is 10.0 Å². The van der Waals surface area contributed by atoms with Crippen LogP contribution in [0.25, 0.3) is 0 Å². The Morgan fingerprint density at radius 1 is 0.963 bits per heavy atom. The van der Waals surface area contributed by atoms with Gasteiger partial charge >= 0.3 is 0 Å². The molecule has 4 nitrogen and oxygen atoms in total. The monoisotopic (exact) mass is 395 g/mol. The third kappa shape index (κ3) is 2.95. The summed E-state index contributed by atoms with van der Waals surface area (Å²) in [7, 11) is 0. The number of hydrogen-bond acceptors (Lipinski definition) is 4. The molecule has 2 atom stereocenters. The van der Waals surface area contributed by atoms with E-state index in [0.717, 1.165) is 34.6 Å². The predicted octanol–water partition coefficient (Wildman–Crippen LogP) is 5.63. The van der Waals surface area contributed by atoms with E-state index in [9.17, 15) is 0 Å². The van der Waals surface area contributed by atoms with E-state index in [2.05, 4.69) is 4.98 Å². The number of halogens is 2. The number of benzene rings is 2. The topological polar surface area (TPSA) is 37.7 Å². The maximum atomic E-state index is 6.32. The average Bonchev–Trinajstić information content (AvgIpc) is 3.14. The van der Waals surface area contributed by atoms with Gasteiger partial charge in [-0.05, 0) is 42.5 Å². The highest BCUT2D eigenvalue weighted by atomic mass is 35.5. The molecule has 5 rings (SSSR count). The highest BCUT2D eigenvalue weighted by molar-refractivity contribution is 6.31. The van der Waals surface area contributed by atoms with Crippen LogP contribution in [0.3, 0.4) is 0 Å². The van der Waals surface area contributed by atoms with Crippen LogP contribution in [-0.4, -0.2) is 15.7 Å². The molecule has 134 valence electrons. The van der Waals surface area contributed by atoms with Gasteiger partial charge in [-0.15, -0.1) is 0 Å². The van der Waals surface area contributed by atoms with Crippen LogP contribution < -0.4 is 4.74 Å². The Morgan fingerprint density at radius 2 is 1.78 bits per heavy atom. The van der Waals surface area contributed by atoms with Gasteiger partial charge in [0.25, 0.3) is 0 Å². The molecule has 1 aromatic heterocycles. The maximum absolute atomic E-state index is 6.32. The lowest BCUT2D eigenvalue weighted by Crippen LogP contribution is -2.33. The van der Waals surface area contributed by atoms with Crippen molar-refractivity contribution in [3.8, 4) is 5.75 Å². The van der Waals surface area contributed by atoms with E-state index in [0.29, 0.717) is 10.0 Å². The standard InChI is InChI=1S/C21H15Cl2N3O/c22-15-3-1-2-14(10-15)21-26-19(17-11-16(23)4-5-20(17)27-21)12-18(25-26)13-6-8-24-9-7-13/h1-11,19,21H,12H2. The molecule has 3 aromatic rings. The number of ether oxygens (including phenoxy) is 1. The second-order valence-electron chi connectivity index (χ2n) is 6.59. The van der Waals surface area contributed by atoms with Gasteiger partial charge in [-0.3, -0.25) is 4.98 Å². The number of pyridine rings is 1. The lowest BCUT2D eigenvalue weighted by atomic mass is 9.96. The van der Waals surface area contributed by atoms with Crippen molar-refractivity contribution in [3.05, 3.63) is 93.7 Å². The summed E-state index contributed by atoms with van der Waals surface area (Å²) < 4.78 is 6.32. The first-order valence-electron chi connectivity index (χ1n) is 8.67. The molecule has 2 unspecified atom stereocenters. The van der Waals surface area contributed by atoms with Crippen LogP contribution in [0, 0.1) is 0 Å². The van der Waals surface area contributed by atoms with Crippen molar-refractivity contribution >= 4 is 28.9 Å². The van der Waals surface area contributed by atoms with Crippen LogP contribution in [0.5, 0.6) is 5.75 Å². The van der Waals surface area contributed by atoms with Gasteiger partial charge in [-0.1, -0.05) is 35.3 Å². The van der Waals surface area contributed by atoms with Crippen molar-refractivity contribution in [3.63, 3.8) is 0 Å². The van der Waals surface area contributed by atoms with Crippen molar-refractivity contribution in [2.45, 2.75) is 18.7 Å². The van der Waals surface area contributed by atoms with Gasteiger partial charge in [0.15, 0.2) is 0 Å². The van der Waals surface area contributed by atoms with Crippen molar-refractivity contribution in [2.24, 2.45) is 5.10 Å². The molecule has 6 heteroatoms. The number of aromatic nitrogens is 1. The fraction of sp³-hybridized carbons (Fsp3) is 0.143. The summed E-state index contributed by atoms with van der Waals surface area (Å²) in [5, 5.41) is 8.29. The molecule has 0 aliphatic carbocycles. The first-order chi connectivity index (χ1) is 13.2. The van der Waals surface area contributed by atoms with Gasteiger partial charge in [0.2, 0.25) is 6.23 Å². The van der Waals surface area contributed by atoms with Gasteiger partial charge in [0, 0.05) is 45.6 Å². The first-order valence-corrected chi connectivity index (χ1v) is 9.42. The number of rotatable bonds is 2. The van der Waals surface area contributed by atoms with Crippen molar-refractivity contribution in [1.82, 2.24) is 9.99 Å². The van der Waals surface area contributed by atoms with Gasteiger partial charge in [-0.25, -0.2) is 5.01 Å². The Morgan fingerprint density at radius 3 is 2.59 bits per heavy atom. The quantitative estimate of drug-likeness (QED) is 0.563. The summed E-state index contributed by atoms with van der Waals surface area (Å²) in [4.78, 5) is 4.10. The highest BCUT2D eigenvalue weighted by Crippen LogP contribution is 2.48. The largest absolute Gasteiger partial charge is 0.464 e. The molecule has 3 heterocycles. The second-order valence-corrected chi connectivity index (χ2v) is 7.46. The molecule has 0 spiro atoms. The minimum absolute atomic E-state index is 0.0552. The van der Waals surface area contributed by atoms with E-state index in [1.165, 1.54) is 0 Å². The number of fused-ring (bicyclic) bond motifs is 3. The molecule has 0 N–H and O–H groups in total. The molecule has 0 saturated heterocycles. The van der Waals surface area contributed by atoms with E-state index >= 15 is 0 Å². The van der Waals surface area contributed by atoms with Gasteiger partial charge in [0.05, 0.1) is 11.8 Å². The fourth-order valence-electron chi connectivity index (χ4n) is 3.66. The summed E-state index contributed by atoms with van der Waals surface area (Å²) >= 11 is 12.5. The van der Waals surface area contributed by atoms with Crippen molar-refractivity contribution in [2.75, 3.05) is 0 Å². The van der Waals surface area contributed by atoms with E-state index < -0.39 is 0 Å². The molecule has 2 aliphatic heterocycles. The molecule has 2 aliphatic rings. The zero-order chi connectivity index (χ0) is 18.4. The normalized spacial score (nSPS) is 20.5. The van der Waals surface area contributed by atoms with Gasteiger partial charge in [0.1, 0.15) is 5.75 Å². The van der Waals surface area contributed by atoms with Gasteiger partial charge in [-0.2, -0.15) is 5.10 Å². The lowest BCUT2D eigenvalue weighted by Gasteiger charge is -2.38. The SMILES string of the molecule is Clc1cccc(C2Oc3ccc(Cl)cc3C3CC(c4ccncc4)=NN32)c1. The van der Waals surface area contributed by atoms with Crippen LogP contribution in [0.15, 0.2) is 72.1 Å². The summed E-state index contributed by atoms with van der Waals surface area (Å²) in [6.45, 7) is 0. The Bertz CT molecular complexity index is 1040. The highest BCUT2D eigenvalue weighted by Gasteiger charge is 2.41. The van der Waals surface area contributed by atoms with E-state index in [1.807, 2.05) is 59.6 Å². The molecule has 0 bridgehead atoms. The molecule has 0 amide bonds. The lowest BCUT2D eigenvalue weighted by molar-refractivity contribution is -0.0190. The Kier molecular flexibility index (Phi) is 4.03. The smallest absolute Gasteiger partial charge is 0.213 e. The molecule has 2 aromatic carbocycles. The zero-order valence-corrected chi connectivity index (χ0v) is 15.7. The van der Waals surface area contributed by atoms with Crippen LogP contribution in [-0.2, 0) is 0 Å².